The third kappa shape index (κ3) is 4.28. The van der Waals surface area contributed by atoms with Gasteiger partial charge in [-0.15, -0.1) is 0 Å². The van der Waals surface area contributed by atoms with Gasteiger partial charge in [0.15, 0.2) is 5.78 Å². The van der Waals surface area contributed by atoms with Gasteiger partial charge < -0.3 is 24.8 Å². The number of Topliss-reactive ketones (excluding diaryl/α,β-unsaturated/α-hetero) is 1. The molecule has 0 aliphatic carbocycles. The van der Waals surface area contributed by atoms with E-state index in [1.165, 1.54) is 13.2 Å². The second kappa shape index (κ2) is 8.60. The number of hydrogen-bond acceptors (Lipinski definition) is 6. The predicted octanol–water partition coefficient (Wildman–Crippen LogP) is 4.69. The Hall–Kier alpha value is -3.67. The first-order chi connectivity index (χ1) is 15.0. The van der Waals surface area contributed by atoms with E-state index < -0.39 is 0 Å². The lowest BCUT2D eigenvalue weighted by Crippen LogP contribution is -2.19. The van der Waals surface area contributed by atoms with Crippen LogP contribution in [0.3, 0.4) is 0 Å². The molecule has 1 unspecified atom stereocenters. The van der Waals surface area contributed by atoms with Crippen LogP contribution in [0.15, 0.2) is 54.6 Å². The predicted molar refractivity (Wildman–Crippen MR) is 115 cm³/mol. The largest absolute Gasteiger partial charge is 0.508 e. The fourth-order valence-corrected chi connectivity index (χ4v) is 3.93. The molecule has 0 spiro atoms. The third-order valence-corrected chi connectivity index (χ3v) is 5.58. The molecule has 3 aromatic carbocycles. The zero-order chi connectivity index (χ0) is 22.0. The molecule has 1 aliphatic rings. The van der Waals surface area contributed by atoms with E-state index in [9.17, 15) is 20.1 Å². The van der Waals surface area contributed by atoms with Gasteiger partial charge in [-0.05, 0) is 54.7 Å². The molecule has 31 heavy (non-hydrogen) atoms. The van der Waals surface area contributed by atoms with E-state index in [4.69, 9.17) is 9.47 Å². The van der Waals surface area contributed by atoms with Gasteiger partial charge >= 0.3 is 0 Å². The van der Waals surface area contributed by atoms with Crippen LogP contribution in [0.4, 0.5) is 0 Å². The number of carbonyl (C=O) groups is 1. The molecule has 3 aromatic rings. The molecule has 0 aromatic heterocycles. The van der Waals surface area contributed by atoms with Crippen LogP contribution in [0.1, 0.15) is 46.0 Å². The number of rotatable bonds is 6. The summed E-state index contributed by atoms with van der Waals surface area (Å²) in [6.45, 7) is 0. The second-order valence-corrected chi connectivity index (χ2v) is 7.61. The topological polar surface area (TPSA) is 96.2 Å². The first-order valence-corrected chi connectivity index (χ1v) is 10.2. The Labute approximate surface area is 180 Å². The Kier molecular flexibility index (Phi) is 5.71. The number of benzene rings is 3. The lowest BCUT2D eigenvalue weighted by molar-refractivity contribution is 0.0967. The van der Waals surface area contributed by atoms with Crippen LogP contribution >= 0.6 is 0 Å². The van der Waals surface area contributed by atoms with Crippen molar-refractivity contribution in [3.05, 3.63) is 76.9 Å². The summed E-state index contributed by atoms with van der Waals surface area (Å²) >= 11 is 0. The van der Waals surface area contributed by atoms with Crippen molar-refractivity contribution in [1.82, 2.24) is 0 Å². The quantitative estimate of drug-likeness (QED) is 0.501. The maximum absolute atomic E-state index is 13.1. The molecule has 6 heteroatoms. The van der Waals surface area contributed by atoms with Crippen LogP contribution in [0.5, 0.6) is 28.7 Å². The molecule has 1 aliphatic heterocycles. The van der Waals surface area contributed by atoms with Crippen molar-refractivity contribution in [2.45, 2.75) is 31.8 Å². The molecule has 3 N–H and O–H groups in total. The molecule has 160 valence electrons. The molecule has 4 rings (SSSR count). The number of methoxy groups -OCH3 is 1. The van der Waals surface area contributed by atoms with Gasteiger partial charge in [0.05, 0.1) is 7.11 Å². The van der Waals surface area contributed by atoms with E-state index >= 15 is 0 Å². The third-order valence-electron chi connectivity index (χ3n) is 5.58. The van der Waals surface area contributed by atoms with Gasteiger partial charge in [0.2, 0.25) is 0 Å². The molecule has 0 amide bonds. The number of phenols is 3. The molecule has 1 atom stereocenters. The van der Waals surface area contributed by atoms with Crippen molar-refractivity contribution in [3.63, 3.8) is 0 Å². The number of aromatic hydroxyl groups is 3. The van der Waals surface area contributed by atoms with Crippen LogP contribution in [-0.4, -0.2) is 28.2 Å². The Balaban J connectivity index is 1.64. The Morgan fingerprint density at radius 1 is 1.03 bits per heavy atom. The highest BCUT2D eigenvalue weighted by Gasteiger charge is 2.31. The molecule has 0 bridgehead atoms. The summed E-state index contributed by atoms with van der Waals surface area (Å²) in [6.07, 6.45) is 1.66. The van der Waals surface area contributed by atoms with Gasteiger partial charge in [-0.3, -0.25) is 4.79 Å². The molecular weight excluding hydrogens is 396 g/mol. The highest BCUT2D eigenvalue weighted by atomic mass is 16.5. The SMILES string of the molecule is COc1cc(O)c(C(=O)CCc2ccc(O)cc2)c2c1CCC(c1ccc(O)cc1)O2. The normalized spacial score (nSPS) is 15.1. The van der Waals surface area contributed by atoms with Crippen molar-refractivity contribution in [2.75, 3.05) is 7.11 Å². The van der Waals surface area contributed by atoms with Crippen LogP contribution in [0, 0.1) is 0 Å². The zero-order valence-electron chi connectivity index (χ0n) is 17.2. The number of ketones is 1. The number of hydrogen-bond donors (Lipinski definition) is 3. The summed E-state index contributed by atoms with van der Waals surface area (Å²) in [5.41, 5.74) is 2.73. The van der Waals surface area contributed by atoms with Crippen LogP contribution < -0.4 is 9.47 Å². The zero-order valence-corrected chi connectivity index (χ0v) is 17.2. The number of ether oxygens (including phenoxy) is 2. The van der Waals surface area contributed by atoms with Gasteiger partial charge in [-0.1, -0.05) is 24.3 Å². The van der Waals surface area contributed by atoms with Crippen molar-refractivity contribution in [3.8, 4) is 28.7 Å². The summed E-state index contributed by atoms with van der Waals surface area (Å²) < 4.78 is 11.6. The number of phenolic OH excluding ortho intramolecular Hbond substituents is 3. The first kappa shape index (κ1) is 20.6. The fourth-order valence-electron chi connectivity index (χ4n) is 3.93. The summed E-state index contributed by atoms with van der Waals surface area (Å²) in [6, 6.07) is 14.9. The monoisotopic (exact) mass is 420 g/mol. The van der Waals surface area contributed by atoms with E-state index in [0.29, 0.717) is 30.8 Å². The van der Waals surface area contributed by atoms with E-state index in [0.717, 1.165) is 16.7 Å². The number of aryl methyl sites for hydroxylation is 1. The van der Waals surface area contributed by atoms with E-state index in [1.54, 1.807) is 48.5 Å². The van der Waals surface area contributed by atoms with Gasteiger partial charge in [0.25, 0.3) is 0 Å². The van der Waals surface area contributed by atoms with Gasteiger partial charge in [-0.2, -0.15) is 0 Å². The molecule has 0 fully saturated rings. The molecule has 0 saturated heterocycles. The molecule has 6 nitrogen and oxygen atoms in total. The van der Waals surface area contributed by atoms with E-state index in [-0.39, 0.29) is 41.1 Å². The molecule has 0 saturated carbocycles. The Morgan fingerprint density at radius 2 is 1.68 bits per heavy atom. The van der Waals surface area contributed by atoms with Gasteiger partial charge in [0.1, 0.15) is 40.4 Å². The Bertz CT molecular complexity index is 1090. The minimum absolute atomic E-state index is 0.165. The maximum Gasteiger partial charge on any atom is 0.170 e. The van der Waals surface area contributed by atoms with Crippen molar-refractivity contribution < 1.29 is 29.6 Å². The standard InChI is InChI=1S/C25H24O6/c1-30-23-14-21(29)24(20(28)12-4-15-2-7-17(26)8-3-15)25-19(23)11-13-22(31-25)16-5-9-18(27)10-6-16/h2-3,5-10,14,22,26-27,29H,4,11-13H2,1H3. The molecule has 0 radical (unpaired) electrons. The van der Waals surface area contributed by atoms with Crippen molar-refractivity contribution in [2.24, 2.45) is 0 Å². The first-order valence-electron chi connectivity index (χ1n) is 10.2. The number of fused-ring (bicyclic) bond motifs is 1. The smallest absolute Gasteiger partial charge is 0.170 e. The lowest BCUT2D eigenvalue weighted by Gasteiger charge is -2.29. The summed E-state index contributed by atoms with van der Waals surface area (Å²) in [5.74, 6) is 0.798. The van der Waals surface area contributed by atoms with Crippen molar-refractivity contribution in [1.29, 1.82) is 0 Å². The fraction of sp³-hybridized carbons (Fsp3) is 0.240. The van der Waals surface area contributed by atoms with Crippen LogP contribution in [0.2, 0.25) is 0 Å². The second-order valence-electron chi connectivity index (χ2n) is 7.61. The lowest BCUT2D eigenvalue weighted by atomic mass is 9.92. The van der Waals surface area contributed by atoms with Crippen molar-refractivity contribution >= 4 is 5.78 Å². The minimum atomic E-state index is -0.303. The summed E-state index contributed by atoms with van der Waals surface area (Å²) in [4.78, 5) is 13.1. The molecular formula is C25H24O6. The summed E-state index contributed by atoms with van der Waals surface area (Å²) in [7, 11) is 1.52. The van der Waals surface area contributed by atoms with Crippen LogP contribution in [-0.2, 0) is 12.8 Å². The maximum atomic E-state index is 13.1. The van der Waals surface area contributed by atoms with Crippen LogP contribution in [0.25, 0.3) is 0 Å². The average Bonchev–Trinajstić information content (AvgIpc) is 2.78. The van der Waals surface area contributed by atoms with E-state index in [1.807, 2.05) is 0 Å². The number of carbonyl (C=O) groups excluding carboxylic acids is 1. The highest BCUT2D eigenvalue weighted by Crippen LogP contribution is 2.46. The summed E-state index contributed by atoms with van der Waals surface area (Å²) in [5, 5.41) is 29.6. The van der Waals surface area contributed by atoms with Gasteiger partial charge in [-0.25, -0.2) is 0 Å². The average molecular weight is 420 g/mol. The minimum Gasteiger partial charge on any atom is -0.508 e. The highest BCUT2D eigenvalue weighted by molar-refractivity contribution is 6.02. The van der Waals surface area contributed by atoms with E-state index in [2.05, 4.69) is 0 Å². The Morgan fingerprint density at radius 3 is 2.32 bits per heavy atom. The molecule has 1 heterocycles. The van der Waals surface area contributed by atoms with Gasteiger partial charge in [0, 0.05) is 18.1 Å².